The molecule has 0 saturated heterocycles. The average Bonchev–Trinajstić information content (AvgIpc) is 2.47. The van der Waals surface area contributed by atoms with Crippen LogP contribution in [0.2, 0.25) is 0 Å². The van der Waals surface area contributed by atoms with Gasteiger partial charge in [-0.25, -0.2) is 0 Å². The summed E-state index contributed by atoms with van der Waals surface area (Å²) in [6.45, 7) is 0. The number of fused-ring (bicyclic) bond motifs is 1. The summed E-state index contributed by atoms with van der Waals surface area (Å²) >= 11 is 5.94. The van der Waals surface area contributed by atoms with Crippen molar-refractivity contribution in [3.05, 3.63) is 29.6 Å². The average molecular weight is 198 g/mol. The molecule has 0 aliphatic carbocycles. The van der Waals surface area contributed by atoms with Crippen LogP contribution < -0.4 is 0 Å². The Kier molecular flexibility index (Phi) is 2.11. The predicted molar refractivity (Wildman–Crippen MR) is 56.7 cm³/mol. The smallest absolute Gasteiger partial charge is 0.0366 e. The summed E-state index contributed by atoms with van der Waals surface area (Å²) in [5.74, 6) is 0. The van der Waals surface area contributed by atoms with Crippen LogP contribution in [0.3, 0.4) is 0 Å². The van der Waals surface area contributed by atoms with Gasteiger partial charge in [-0.2, -0.15) is 0 Å². The Morgan fingerprint density at radius 1 is 1.27 bits per heavy atom. The Morgan fingerprint density at radius 3 is 2.91 bits per heavy atom. The van der Waals surface area contributed by atoms with Crippen LogP contribution >= 0.6 is 33.8 Å². The minimum Gasteiger partial charge on any atom is -0.143 e. The fraction of sp³-hybridized carbons (Fsp3) is 0. The van der Waals surface area contributed by atoms with E-state index in [2.05, 4.69) is 41.3 Å². The quantitative estimate of drug-likeness (QED) is 0.536. The van der Waals surface area contributed by atoms with E-state index in [-0.39, 0.29) is 0 Å². The standard InChI is InChI=1S/C8H6S3/c9-11-8-5-10-7-4-2-1-3-6(7)8/h1-5,9H. The Hall–Kier alpha value is -0.120. The van der Waals surface area contributed by atoms with E-state index in [1.54, 1.807) is 11.3 Å². The second kappa shape index (κ2) is 3.09. The molecule has 2 rings (SSSR count). The van der Waals surface area contributed by atoms with E-state index in [0.717, 1.165) is 0 Å². The van der Waals surface area contributed by atoms with Gasteiger partial charge in [0.25, 0.3) is 0 Å². The number of hydrogen-bond acceptors (Lipinski definition) is 3. The SMILES string of the molecule is SSc1csc2ccccc12. The summed E-state index contributed by atoms with van der Waals surface area (Å²) in [6, 6.07) is 8.38. The van der Waals surface area contributed by atoms with Gasteiger partial charge >= 0.3 is 0 Å². The third-order valence-electron chi connectivity index (χ3n) is 1.54. The second-order valence-electron chi connectivity index (χ2n) is 2.19. The van der Waals surface area contributed by atoms with Crippen LogP contribution in [0.4, 0.5) is 0 Å². The van der Waals surface area contributed by atoms with Crippen molar-refractivity contribution < 1.29 is 0 Å². The molecule has 0 N–H and O–H groups in total. The van der Waals surface area contributed by atoms with E-state index < -0.39 is 0 Å². The molecule has 0 spiro atoms. The zero-order chi connectivity index (χ0) is 7.68. The lowest BCUT2D eigenvalue weighted by Gasteiger charge is -1.89. The van der Waals surface area contributed by atoms with Crippen molar-refractivity contribution in [2.24, 2.45) is 0 Å². The highest BCUT2D eigenvalue weighted by atomic mass is 33.1. The van der Waals surface area contributed by atoms with Gasteiger partial charge in [-0.1, -0.05) is 29.0 Å². The van der Waals surface area contributed by atoms with Crippen molar-refractivity contribution in [2.75, 3.05) is 0 Å². The van der Waals surface area contributed by atoms with Crippen molar-refractivity contribution in [3.8, 4) is 0 Å². The lowest BCUT2D eigenvalue weighted by Crippen LogP contribution is -1.61. The first-order chi connectivity index (χ1) is 5.42. The summed E-state index contributed by atoms with van der Waals surface area (Å²) in [6.07, 6.45) is 0. The van der Waals surface area contributed by atoms with Gasteiger partial charge in [0, 0.05) is 20.4 Å². The van der Waals surface area contributed by atoms with Crippen LogP contribution in [0.25, 0.3) is 10.1 Å². The van der Waals surface area contributed by atoms with Gasteiger partial charge in [0.2, 0.25) is 0 Å². The summed E-state index contributed by atoms with van der Waals surface area (Å²) in [4.78, 5) is 1.26. The maximum Gasteiger partial charge on any atom is 0.0366 e. The third kappa shape index (κ3) is 1.28. The van der Waals surface area contributed by atoms with Gasteiger partial charge in [0.05, 0.1) is 0 Å². The fourth-order valence-corrected chi connectivity index (χ4v) is 3.19. The lowest BCUT2D eigenvalue weighted by molar-refractivity contribution is 1.68. The van der Waals surface area contributed by atoms with Crippen LogP contribution in [-0.2, 0) is 0 Å². The number of rotatable bonds is 1. The molecule has 2 aromatic rings. The zero-order valence-corrected chi connectivity index (χ0v) is 8.18. The summed E-state index contributed by atoms with van der Waals surface area (Å²) in [7, 11) is 1.51. The highest BCUT2D eigenvalue weighted by Gasteiger charge is 2.00. The van der Waals surface area contributed by atoms with Gasteiger partial charge in [0.1, 0.15) is 0 Å². The molecule has 0 nitrogen and oxygen atoms in total. The molecule has 0 aliphatic heterocycles. The van der Waals surface area contributed by atoms with E-state index in [1.165, 1.54) is 25.8 Å². The molecule has 3 heteroatoms. The van der Waals surface area contributed by atoms with Gasteiger partial charge in [0.15, 0.2) is 0 Å². The van der Waals surface area contributed by atoms with E-state index in [1.807, 2.05) is 0 Å². The third-order valence-corrected chi connectivity index (χ3v) is 3.78. The van der Waals surface area contributed by atoms with Crippen molar-refractivity contribution in [3.63, 3.8) is 0 Å². The Balaban J connectivity index is 2.76. The van der Waals surface area contributed by atoms with E-state index in [9.17, 15) is 0 Å². The van der Waals surface area contributed by atoms with Gasteiger partial charge in [-0.05, 0) is 6.07 Å². The summed E-state index contributed by atoms with van der Waals surface area (Å²) < 4.78 is 1.34. The lowest BCUT2D eigenvalue weighted by atomic mass is 10.3. The Morgan fingerprint density at radius 2 is 2.09 bits per heavy atom. The number of hydrogen-bond donors (Lipinski definition) is 1. The Bertz CT molecular complexity index is 364. The van der Waals surface area contributed by atoms with Crippen LogP contribution in [0.1, 0.15) is 0 Å². The molecule has 0 aliphatic rings. The number of thiophene rings is 1. The highest BCUT2D eigenvalue weighted by molar-refractivity contribution is 8.68. The molecule has 0 bridgehead atoms. The first-order valence-corrected chi connectivity index (χ1v) is 5.94. The van der Waals surface area contributed by atoms with E-state index in [0.29, 0.717) is 0 Å². The molecule has 1 heterocycles. The van der Waals surface area contributed by atoms with Crippen molar-refractivity contribution >= 4 is 43.9 Å². The number of thiol groups is 1. The van der Waals surface area contributed by atoms with E-state index >= 15 is 0 Å². The van der Waals surface area contributed by atoms with Gasteiger partial charge in [-0.15, -0.1) is 23.0 Å². The highest BCUT2D eigenvalue weighted by Crippen LogP contribution is 2.34. The first kappa shape index (κ1) is 7.53. The maximum absolute atomic E-state index is 4.18. The minimum absolute atomic E-state index is 1.26. The fourth-order valence-electron chi connectivity index (χ4n) is 1.02. The Labute approximate surface area is 78.4 Å². The zero-order valence-electron chi connectivity index (χ0n) is 5.65. The van der Waals surface area contributed by atoms with Crippen molar-refractivity contribution in [2.45, 2.75) is 4.90 Å². The van der Waals surface area contributed by atoms with Crippen LogP contribution in [-0.4, -0.2) is 0 Å². The molecule has 11 heavy (non-hydrogen) atoms. The van der Waals surface area contributed by atoms with Crippen molar-refractivity contribution in [1.29, 1.82) is 0 Å². The van der Waals surface area contributed by atoms with Gasteiger partial charge in [-0.3, -0.25) is 0 Å². The molecule has 0 saturated carbocycles. The monoisotopic (exact) mass is 198 g/mol. The van der Waals surface area contributed by atoms with E-state index in [4.69, 9.17) is 0 Å². The maximum atomic E-state index is 4.18. The number of benzene rings is 1. The first-order valence-electron chi connectivity index (χ1n) is 3.19. The van der Waals surface area contributed by atoms with Crippen molar-refractivity contribution in [1.82, 2.24) is 0 Å². The topological polar surface area (TPSA) is 0 Å². The minimum atomic E-state index is 1.26. The summed E-state index contributed by atoms with van der Waals surface area (Å²) in [5.41, 5.74) is 0. The second-order valence-corrected chi connectivity index (χ2v) is 4.27. The predicted octanol–water partition coefficient (Wildman–Crippen LogP) is 3.84. The molecule has 0 amide bonds. The molecular weight excluding hydrogens is 192 g/mol. The molecule has 0 atom stereocenters. The van der Waals surface area contributed by atoms with Crippen LogP contribution in [0.5, 0.6) is 0 Å². The molecule has 0 radical (unpaired) electrons. The normalized spacial score (nSPS) is 10.6. The van der Waals surface area contributed by atoms with Crippen LogP contribution in [0.15, 0.2) is 34.5 Å². The molecule has 1 aromatic heterocycles. The molecule has 56 valence electrons. The van der Waals surface area contributed by atoms with Crippen LogP contribution in [0, 0.1) is 0 Å². The molecule has 0 unspecified atom stereocenters. The summed E-state index contributed by atoms with van der Waals surface area (Å²) in [5, 5.41) is 3.46. The molecule has 0 fully saturated rings. The largest absolute Gasteiger partial charge is 0.143 e. The van der Waals surface area contributed by atoms with Gasteiger partial charge < -0.3 is 0 Å². The molecular formula is C8H6S3. The molecule has 1 aromatic carbocycles.